The van der Waals surface area contributed by atoms with E-state index < -0.39 is 17.8 Å². The number of hydrogen-bond acceptors (Lipinski definition) is 4. The van der Waals surface area contributed by atoms with Crippen LogP contribution in [0.2, 0.25) is 0 Å². The summed E-state index contributed by atoms with van der Waals surface area (Å²) in [6, 6.07) is 0. The molecule has 0 aromatic heterocycles. The molecule has 1 unspecified atom stereocenters. The maximum Gasteiger partial charge on any atom is 0.0839 e. The van der Waals surface area contributed by atoms with E-state index in [9.17, 15) is 15.3 Å². The van der Waals surface area contributed by atoms with Gasteiger partial charge in [0, 0.05) is 12.5 Å². The van der Waals surface area contributed by atoms with Crippen LogP contribution in [0.1, 0.15) is 105 Å². The molecule has 35 heavy (non-hydrogen) atoms. The smallest absolute Gasteiger partial charge is 0.0839 e. The number of fused-ring (bicyclic) bond motifs is 1. The summed E-state index contributed by atoms with van der Waals surface area (Å²) < 4.78 is 0. The lowest BCUT2D eigenvalue weighted by Crippen LogP contribution is -2.38. The van der Waals surface area contributed by atoms with Crippen molar-refractivity contribution in [2.75, 3.05) is 6.61 Å². The van der Waals surface area contributed by atoms with E-state index in [1.807, 2.05) is 13.8 Å². The Kier molecular flexibility index (Phi) is 9.87. The highest BCUT2D eigenvalue weighted by molar-refractivity contribution is 5.39. The quantitative estimate of drug-likeness (QED) is 0.280. The van der Waals surface area contributed by atoms with Crippen LogP contribution in [0, 0.1) is 29.1 Å². The zero-order valence-electron chi connectivity index (χ0n) is 22.8. The number of aliphatic hydroxyl groups excluding tert-OH is 3. The second-order valence-electron chi connectivity index (χ2n) is 12.8. The Balaban J connectivity index is 1.67. The molecule has 0 saturated heterocycles. The molecule has 0 spiro atoms. The van der Waals surface area contributed by atoms with Gasteiger partial charge in [-0.15, -0.1) is 0 Å². The molecule has 3 saturated carbocycles. The summed E-state index contributed by atoms with van der Waals surface area (Å²) in [6.07, 6.45) is 15.3. The molecule has 7 atom stereocenters. The molecule has 0 aromatic carbocycles. The second-order valence-corrected chi connectivity index (χ2v) is 12.8. The van der Waals surface area contributed by atoms with E-state index in [-0.39, 0.29) is 12.5 Å². The minimum atomic E-state index is -0.709. The molecule has 3 aliphatic carbocycles. The van der Waals surface area contributed by atoms with Crippen molar-refractivity contribution in [3.8, 4) is 0 Å². The van der Waals surface area contributed by atoms with Gasteiger partial charge in [-0.1, -0.05) is 57.4 Å². The molecule has 4 heteroatoms. The van der Waals surface area contributed by atoms with Crippen molar-refractivity contribution >= 4 is 0 Å². The summed E-state index contributed by atoms with van der Waals surface area (Å²) in [6.45, 7) is 13.1. The number of unbranched alkanes of at least 4 members (excludes halogenated alkanes) is 1. The topological polar surface area (TPSA) is 80.9 Å². The third kappa shape index (κ3) is 6.89. The van der Waals surface area contributed by atoms with Crippen LogP contribution >= 0.6 is 0 Å². The second kappa shape index (κ2) is 12.1. The molecule has 200 valence electrons. The van der Waals surface area contributed by atoms with Crippen LogP contribution < -0.4 is 0 Å². The van der Waals surface area contributed by atoms with E-state index in [4.69, 9.17) is 5.11 Å². The molecule has 0 aromatic rings. The van der Waals surface area contributed by atoms with Gasteiger partial charge in [-0.2, -0.15) is 0 Å². The monoisotopic (exact) mass is 488 g/mol. The SMILES string of the molecule is C=C1/C(=C\C=C2/CCC[C@]3(C)C([C@H](C)CCCC(C)(C)O)CC[C@@H]23)C[C@@H](O)[C@H](CCCCO)[C@@H]1O. The molecule has 4 nitrogen and oxygen atoms in total. The fourth-order valence-corrected chi connectivity index (χ4v) is 7.66. The lowest BCUT2D eigenvalue weighted by Gasteiger charge is -2.44. The van der Waals surface area contributed by atoms with Crippen LogP contribution in [0.4, 0.5) is 0 Å². The third-order valence-corrected chi connectivity index (χ3v) is 9.72. The van der Waals surface area contributed by atoms with Crippen molar-refractivity contribution in [2.24, 2.45) is 29.1 Å². The molecule has 3 aliphatic rings. The Morgan fingerprint density at radius 3 is 2.57 bits per heavy atom. The molecule has 0 bridgehead atoms. The molecule has 4 N–H and O–H groups in total. The molecule has 0 aliphatic heterocycles. The summed E-state index contributed by atoms with van der Waals surface area (Å²) in [5, 5.41) is 40.7. The first-order valence-corrected chi connectivity index (χ1v) is 14.3. The number of allylic oxidation sites excluding steroid dienone is 3. The molecular formula is C31H52O4. The molecule has 0 heterocycles. The van der Waals surface area contributed by atoms with Gasteiger partial charge in [0.05, 0.1) is 17.8 Å². The predicted molar refractivity (Wildman–Crippen MR) is 144 cm³/mol. The summed E-state index contributed by atoms with van der Waals surface area (Å²) in [7, 11) is 0. The first kappa shape index (κ1) is 28.6. The van der Waals surface area contributed by atoms with Crippen molar-refractivity contribution < 1.29 is 20.4 Å². The average molecular weight is 489 g/mol. The van der Waals surface area contributed by atoms with Crippen molar-refractivity contribution in [1.82, 2.24) is 0 Å². The Morgan fingerprint density at radius 2 is 1.89 bits per heavy atom. The Bertz CT molecular complexity index is 775. The van der Waals surface area contributed by atoms with Gasteiger partial charge < -0.3 is 20.4 Å². The Labute approximate surface area is 214 Å². The first-order valence-electron chi connectivity index (χ1n) is 14.3. The van der Waals surface area contributed by atoms with Gasteiger partial charge in [-0.05, 0) is 106 Å². The van der Waals surface area contributed by atoms with Gasteiger partial charge in [-0.25, -0.2) is 0 Å². The molecular weight excluding hydrogens is 436 g/mol. The van der Waals surface area contributed by atoms with E-state index >= 15 is 0 Å². The van der Waals surface area contributed by atoms with Gasteiger partial charge >= 0.3 is 0 Å². The van der Waals surface area contributed by atoms with Crippen molar-refractivity contribution in [3.63, 3.8) is 0 Å². The van der Waals surface area contributed by atoms with E-state index in [0.29, 0.717) is 36.5 Å². The van der Waals surface area contributed by atoms with E-state index in [1.165, 1.54) is 32.1 Å². The lowest BCUT2D eigenvalue weighted by molar-refractivity contribution is 0.0124. The number of rotatable bonds is 10. The minimum absolute atomic E-state index is 0.152. The summed E-state index contributed by atoms with van der Waals surface area (Å²) in [5.41, 5.74) is 3.05. The van der Waals surface area contributed by atoms with Gasteiger partial charge in [0.1, 0.15) is 0 Å². The van der Waals surface area contributed by atoms with Crippen LogP contribution in [0.15, 0.2) is 35.5 Å². The van der Waals surface area contributed by atoms with E-state index in [2.05, 4.69) is 32.6 Å². The number of hydrogen-bond donors (Lipinski definition) is 4. The zero-order valence-corrected chi connectivity index (χ0v) is 22.8. The fourth-order valence-electron chi connectivity index (χ4n) is 7.66. The van der Waals surface area contributed by atoms with Crippen LogP contribution in [0.25, 0.3) is 0 Å². The molecule has 0 amide bonds. The highest BCUT2D eigenvalue weighted by Crippen LogP contribution is 2.60. The third-order valence-electron chi connectivity index (χ3n) is 9.72. The summed E-state index contributed by atoms with van der Waals surface area (Å²) in [5.74, 6) is 1.84. The van der Waals surface area contributed by atoms with Crippen LogP contribution in [0.3, 0.4) is 0 Å². The first-order chi connectivity index (χ1) is 16.5. The van der Waals surface area contributed by atoms with Gasteiger partial charge in [0.25, 0.3) is 0 Å². The zero-order chi connectivity index (χ0) is 25.8. The highest BCUT2D eigenvalue weighted by atomic mass is 16.3. The van der Waals surface area contributed by atoms with Crippen molar-refractivity contribution in [2.45, 2.75) is 123 Å². The van der Waals surface area contributed by atoms with Gasteiger partial charge in [0.15, 0.2) is 0 Å². The summed E-state index contributed by atoms with van der Waals surface area (Å²) in [4.78, 5) is 0. The normalized spacial score (nSPS) is 37.1. The predicted octanol–water partition coefficient (Wildman–Crippen LogP) is 6.09. The van der Waals surface area contributed by atoms with Crippen LogP contribution in [-0.4, -0.2) is 44.8 Å². The summed E-state index contributed by atoms with van der Waals surface area (Å²) >= 11 is 0. The van der Waals surface area contributed by atoms with Crippen molar-refractivity contribution in [1.29, 1.82) is 0 Å². The van der Waals surface area contributed by atoms with Gasteiger partial charge in [-0.3, -0.25) is 0 Å². The molecule has 3 fully saturated rings. The maximum absolute atomic E-state index is 10.8. The largest absolute Gasteiger partial charge is 0.396 e. The standard InChI is InChI=1S/C31H52O4/c1-21(10-8-17-30(3,4)35)26-15-16-27-23(11-9-18-31(26,27)5)13-14-24-20-28(33)25(12-6-7-19-32)29(34)22(24)2/h13-14,21,25-29,32-35H,2,6-12,15-20H2,1,3-5H3/b23-13+,24-14-/t21-,25+,26?,27+,28-,29-,31-/m1/s1. The molecule has 0 radical (unpaired) electrons. The lowest BCUT2D eigenvalue weighted by atomic mass is 9.60. The highest BCUT2D eigenvalue weighted by Gasteiger charge is 2.50. The van der Waals surface area contributed by atoms with E-state index in [1.54, 1.807) is 5.57 Å². The Morgan fingerprint density at radius 1 is 1.14 bits per heavy atom. The van der Waals surface area contributed by atoms with Crippen LogP contribution in [-0.2, 0) is 0 Å². The molecule has 3 rings (SSSR count). The Hall–Kier alpha value is -0.940. The maximum atomic E-state index is 10.8. The number of aliphatic hydroxyl groups is 4. The van der Waals surface area contributed by atoms with Gasteiger partial charge in [0.2, 0.25) is 0 Å². The average Bonchev–Trinajstić information content (AvgIpc) is 3.14. The van der Waals surface area contributed by atoms with Crippen molar-refractivity contribution in [3.05, 3.63) is 35.5 Å². The van der Waals surface area contributed by atoms with Crippen LogP contribution in [0.5, 0.6) is 0 Å². The van der Waals surface area contributed by atoms with E-state index in [0.717, 1.165) is 42.7 Å². The minimum Gasteiger partial charge on any atom is -0.396 e. The fraction of sp³-hybridized carbons (Fsp3) is 0.806.